The number of hydrogen-bond acceptors (Lipinski definition) is 3. The number of rotatable bonds is 5. The van der Waals surface area contributed by atoms with Crippen LogP contribution in [0.5, 0.6) is 0 Å². The molecule has 108 valence electrons. The van der Waals surface area contributed by atoms with Crippen molar-refractivity contribution in [3.8, 4) is 0 Å². The summed E-state index contributed by atoms with van der Waals surface area (Å²) in [4.78, 5) is 14.5. The minimum atomic E-state index is 0.204. The van der Waals surface area contributed by atoms with E-state index in [2.05, 4.69) is 37.7 Å². The molecule has 1 heterocycles. The fourth-order valence-corrected chi connectivity index (χ4v) is 2.23. The molecule has 0 radical (unpaired) electrons. The van der Waals surface area contributed by atoms with Crippen molar-refractivity contribution < 1.29 is 4.79 Å². The van der Waals surface area contributed by atoms with Crippen LogP contribution in [0.25, 0.3) is 0 Å². The standard InChI is InChI=1S/C11H24N2.C4H8O/c1-10(2)8-13-7-5-6-11(13)9-12(3)4;1-4(2)3-5/h10-11H,5-9H2,1-4H3;3-4H,1-2H3. The molecule has 0 N–H and O–H groups in total. The first kappa shape index (κ1) is 17.6. The Morgan fingerprint density at radius 2 is 1.83 bits per heavy atom. The Balaban J connectivity index is 0.000000494. The summed E-state index contributed by atoms with van der Waals surface area (Å²) in [6.07, 6.45) is 3.70. The first-order chi connectivity index (χ1) is 8.36. The summed E-state index contributed by atoms with van der Waals surface area (Å²) in [7, 11) is 4.34. The molecule has 1 unspecified atom stereocenters. The lowest BCUT2D eigenvalue weighted by molar-refractivity contribution is -0.110. The van der Waals surface area contributed by atoms with E-state index in [1.165, 1.54) is 32.5 Å². The smallest absolute Gasteiger partial charge is 0.122 e. The van der Waals surface area contributed by atoms with Crippen LogP contribution in [-0.2, 0) is 4.79 Å². The van der Waals surface area contributed by atoms with E-state index in [0.29, 0.717) is 0 Å². The normalized spacial score (nSPS) is 20.4. The highest BCUT2D eigenvalue weighted by Gasteiger charge is 2.24. The molecule has 1 rings (SSSR count). The van der Waals surface area contributed by atoms with Crippen molar-refractivity contribution in [3.05, 3.63) is 0 Å². The fraction of sp³-hybridized carbons (Fsp3) is 0.933. The van der Waals surface area contributed by atoms with Crippen molar-refractivity contribution >= 4 is 6.29 Å². The molecule has 0 aromatic carbocycles. The van der Waals surface area contributed by atoms with Gasteiger partial charge in [0.1, 0.15) is 6.29 Å². The molecule has 18 heavy (non-hydrogen) atoms. The van der Waals surface area contributed by atoms with E-state index in [1.807, 2.05) is 13.8 Å². The minimum absolute atomic E-state index is 0.204. The maximum absolute atomic E-state index is 9.50. The highest BCUT2D eigenvalue weighted by molar-refractivity contribution is 5.51. The Morgan fingerprint density at radius 1 is 1.28 bits per heavy atom. The molecule has 0 bridgehead atoms. The van der Waals surface area contributed by atoms with Gasteiger partial charge in [-0.3, -0.25) is 4.90 Å². The van der Waals surface area contributed by atoms with Gasteiger partial charge in [0.2, 0.25) is 0 Å². The van der Waals surface area contributed by atoms with Crippen LogP contribution in [0, 0.1) is 11.8 Å². The SMILES string of the molecule is CC(C)C=O.CC(C)CN1CCCC1CN(C)C. The van der Waals surface area contributed by atoms with Gasteiger partial charge >= 0.3 is 0 Å². The molecule has 1 saturated heterocycles. The van der Waals surface area contributed by atoms with Gasteiger partial charge in [-0.15, -0.1) is 0 Å². The molecule has 1 aliphatic rings. The van der Waals surface area contributed by atoms with Crippen LogP contribution < -0.4 is 0 Å². The van der Waals surface area contributed by atoms with E-state index in [9.17, 15) is 4.79 Å². The molecule has 1 atom stereocenters. The predicted octanol–water partition coefficient (Wildman–Crippen LogP) is 2.51. The molecular weight excluding hydrogens is 224 g/mol. The van der Waals surface area contributed by atoms with Crippen LogP contribution in [0.1, 0.15) is 40.5 Å². The van der Waals surface area contributed by atoms with Gasteiger partial charge in [0.05, 0.1) is 0 Å². The third-order valence-electron chi connectivity index (χ3n) is 2.95. The van der Waals surface area contributed by atoms with Crippen LogP contribution in [0.4, 0.5) is 0 Å². The Hall–Kier alpha value is -0.410. The van der Waals surface area contributed by atoms with E-state index in [1.54, 1.807) is 0 Å². The van der Waals surface area contributed by atoms with Crippen LogP contribution >= 0.6 is 0 Å². The van der Waals surface area contributed by atoms with Crippen molar-refractivity contribution in [3.63, 3.8) is 0 Å². The Kier molecular flexibility index (Phi) is 9.29. The molecule has 0 saturated carbocycles. The maximum Gasteiger partial charge on any atom is 0.122 e. The molecule has 0 aromatic rings. The van der Waals surface area contributed by atoms with Gasteiger partial charge in [0.15, 0.2) is 0 Å². The first-order valence-electron chi connectivity index (χ1n) is 7.20. The first-order valence-corrected chi connectivity index (χ1v) is 7.20. The van der Waals surface area contributed by atoms with E-state index >= 15 is 0 Å². The van der Waals surface area contributed by atoms with Gasteiger partial charge in [-0.2, -0.15) is 0 Å². The number of nitrogens with zero attached hydrogens (tertiary/aromatic N) is 2. The van der Waals surface area contributed by atoms with Crippen LogP contribution in [0.3, 0.4) is 0 Å². The number of likely N-dealkylation sites (N-methyl/N-ethyl adjacent to an activating group) is 1. The lowest BCUT2D eigenvalue weighted by Crippen LogP contribution is -2.39. The Bertz CT molecular complexity index is 199. The summed E-state index contributed by atoms with van der Waals surface area (Å²) in [6, 6.07) is 0.817. The van der Waals surface area contributed by atoms with Gasteiger partial charge in [-0.25, -0.2) is 0 Å². The molecule has 0 aromatic heterocycles. The quantitative estimate of drug-likeness (QED) is 0.706. The van der Waals surface area contributed by atoms with Crippen molar-refractivity contribution in [1.82, 2.24) is 9.80 Å². The zero-order valence-corrected chi connectivity index (χ0v) is 13.1. The topological polar surface area (TPSA) is 23.6 Å². The van der Waals surface area contributed by atoms with Crippen molar-refractivity contribution in [2.24, 2.45) is 11.8 Å². The fourth-order valence-electron chi connectivity index (χ4n) is 2.23. The highest BCUT2D eigenvalue weighted by atomic mass is 16.1. The van der Waals surface area contributed by atoms with Crippen LogP contribution in [0.2, 0.25) is 0 Å². The predicted molar refractivity (Wildman–Crippen MR) is 78.9 cm³/mol. The van der Waals surface area contributed by atoms with Gasteiger partial charge in [-0.1, -0.05) is 27.7 Å². The molecule has 0 amide bonds. The van der Waals surface area contributed by atoms with E-state index in [-0.39, 0.29) is 5.92 Å². The number of likely N-dealkylation sites (tertiary alicyclic amines) is 1. The maximum atomic E-state index is 9.50. The largest absolute Gasteiger partial charge is 0.308 e. The summed E-state index contributed by atoms with van der Waals surface area (Å²) >= 11 is 0. The van der Waals surface area contributed by atoms with Gasteiger partial charge in [0.25, 0.3) is 0 Å². The summed E-state index contributed by atoms with van der Waals surface area (Å²) in [6.45, 7) is 12.2. The van der Waals surface area contributed by atoms with E-state index < -0.39 is 0 Å². The van der Waals surface area contributed by atoms with Gasteiger partial charge < -0.3 is 9.69 Å². The molecule has 3 heteroatoms. The average molecular weight is 256 g/mol. The lowest BCUT2D eigenvalue weighted by atomic mass is 10.1. The summed E-state index contributed by atoms with van der Waals surface area (Å²) in [5.41, 5.74) is 0. The van der Waals surface area contributed by atoms with E-state index in [0.717, 1.165) is 18.2 Å². The van der Waals surface area contributed by atoms with Crippen molar-refractivity contribution in [1.29, 1.82) is 0 Å². The van der Waals surface area contributed by atoms with E-state index in [4.69, 9.17) is 0 Å². The van der Waals surface area contributed by atoms with Crippen LogP contribution in [0.15, 0.2) is 0 Å². The monoisotopic (exact) mass is 256 g/mol. The third kappa shape index (κ3) is 8.65. The van der Waals surface area contributed by atoms with Crippen molar-refractivity contribution in [2.75, 3.05) is 33.7 Å². The molecule has 0 aliphatic carbocycles. The molecule has 0 spiro atoms. The average Bonchev–Trinajstić information content (AvgIpc) is 2.65. The second-order valence-corrected chi connectivity index (χ2v) is 6.33. The molecule has 3 nitrogen and oxygen atoms in total. The highest BCUT2D eigenvalue weighted by Crippen LogP contribution is 2.18. The summed E-state index contributed by atoms with van der Waals surface area (Å²) in [5, 5.41) is 0. The second-order valence-electron chi connectivity index (χ2n) is 6.33. The molecular formula is C15H32N2O. The molecule has 1 fully saturated rings. The summed E-state index contributed by atoms with van der Waals surface area (Å²) in [5.74, 6) is 1.01. The second kappa shape index (κ2) is 9.51. The Morgan fingerprint density at radius 3 is 2.22 bits per heavy atom. The third-order valence-corrected chi connectivity index (χ3v) is 2.95. The zero-order valence-electron chi connectivity index (χ0n) is 13.1. The molecule has 1 aliphatic heterocycles. The van der Waals surface area contributed by atoms with Crippen molar-refractivity contribution in [2.45, 2.75) is 46.6 Å². The number of hydrogen-bond donors (Lipinski definition) is 0. The van der Waals surface area contributed by atoms with Gasteiger partial charge in [-0.05, 0) is 39.4 Å². The number of carbonyl (C=O) groups excluding carboxylic acids is 1. The lowest BCUT2D eigenvalue weighted by Gasteiger charge is -2.28. The van der Waals surface area contributed by atoms with Gasteiger partial charge in [0, 0.05) is 25.0 Å². The number of aldehydes is 1. The number of carbonyl (C=O) groups is 1. The minimum Gasteiger partial charge on any atom is -0.308 e. The van der Waals surface area contributed by atoms with Crippen LogP contribution in [-0.4, -0.2) is 55.9 Å². The zero-order chi connectivity index (χ0) is 14.1. The summed E-state index contributed by atoms with van der Waals surface area (Å²) < 4.78 is 0. The Labute approximate surface area is 114 Å².